The third-order valence-electron chi connectivity index (χ3n) is 2.65. The van der Waals surface area contributed by atoms with E-state index in [-0.39, 0.29) is 22.9 Å². The normalized spacial score (nSPS) is 14.7. The quantitative estimate of drug-likeness (QED) is 0.757. The molecule has 0 atom stereocenters. The summed E-state index contributed by atoms with van der Waals surface area (Å²) >= 11 is 0. The van der Waals surface area contributed by atoms with Crippen LogP contribution in [0.4, 0.5) is 0 Å². The van der Waals surface area contributed by atoms with Crippen LogP contribution in [0.25, 0.3) is 0 Å². The number of esters is 1. The first-order valence-corrected chi connectivity index (χ1v) is 7.05. The molecule has 21 heavy (non-hydrogen) atoms. The van der Waals surface area contributed by atoms with Crippen LogP contribution >= 0.6 is 0 Å². The van der Waals surface area contributed by atoms with Crippen molar-refractivity contribution in [1.29, 1.82) is 0 Å². The number of carbonyl (C=O) groups is 1. The second kappa shape index (κ2) is 4.70. The van der Waals surface area contributed by atoms with Gasteiger partial charge in [-0.2, -0.15) is 0 Å². The average molecular weight is 308 g/mol. The number of fused-ring (bicyclic) bond motifs is 2. The van der Waals surface area contributed by atoms with Crippen LogP contribution in [0, 0.1) is 6.92 Å². The van der Waals surface area contributed by atoms with Crippen molar-refractivity contribution >= 4 is 16.4 Å². The zero-order chi connectivity index (χ0) is 15.0. The Balaban J connectivity index is 1.96. The van der Waals surface area contributed by atoms with Crippen LogP contribution in [0.1, 0.15) is 15.9 Å². The van der Waals surface area contributed by atoms with Crippen LogP contribution in [0.15, 0.2) is 30.7 Å². The Bertz CT molecular complexity index is 819. The molecular weight excluding hydrogens is 300 g/mol. The zero-order valence-electron chi connectivity index (χ0n) is 10.6. The molecule has 1 aliphatic heterocycles. The van der Waals surface area contributed by atoms with E-state index in [0.29, 0.717) is 5.56 Å². The summed E-state index contributed by atoms with van der Waals surface area (Å²) in [6, 6.07) is 3.08. The molecule has 2 bridgehead atoms. The molecule has 0 radical (unpaired) electrons. The lowest BCUT2D eigenvalue weighted by Gasteiger charge is -2.19. The predicted octanol–water partition coefficient (Wildman–Crippen LogP) is 1.02. The number of pyridine rings is 2. The minimum atomic E-state index is -4.24. The van der Waals surface area contributed by atoms with Crippen molar-refractivity contribution in [2.24, 2.45) is 0 Å². The molecule has 108 valence electrons. The Hall–Kier alpha value is -2.68. The van der Waals surface area contributed by atoms with Crippen molar-refractivity contribution < 1.29 is 26.3 Å². The van der Waals surface area contributed by atoms with E-state index in [9.17, 15) is 13.2 Å². The Morgan fingerprint density at radius 1 is 1.29 bits per heavy atom. The monoisotopic (exact) mass is 308 g/mol. The molecule has 2 aromatic rings. The third kappa shape index (κ3) is 2.50. The SMILES string of the molecule is Cc1c2ncc(OC(=O)c3cccnc3)c1OS(=O)(=O)O2. The number of aromatic nitrogens is 2. The third-order valence-corrected chi connectivity index (χ3v) is 3.38. The van der Waals surface area contributed by atoms with Crippen LogP contribution < -0.4 is 13.1 Å². The molecule has 0 spiro atoms. The molecule has 0 N–H and O–H groups in total. The molecule has 0 unspecified atom stereocenters. The summed E-state index contributed by atoms with van der Waals surface area (Å²) in [7, 11) is -4.24. The predicted molar refractivity (Wildman–Crippen MR) is 68.3 cm³/mol. The largest absolute Gasteiger partial charge is 0.502 e. The molecule has 0 fully saturated rings. The maximum Gasteiger partial charge on any atom is 0.502 e. The molecule has 3 rings (SSSR count). The van der Waals surface area contributed by atoms with Crippen molar-refractivity contribution in [2.75, 3.05) is 0 Å². The highest BCUT2D eigenvalue weighted by molar-refractivity contribution is 7.82. The highest BCUT2D eigenvalue weighted by Gasteiger charge is 2.31. The molecule has 8 nitrogen and oxygen atoms in total. The first-order chi connectivity index (χ1) is 9.96. The maximum atomic E-state index is 11.9. The number of hydrogen-bond donors (Lipinski definition) is 0. The van der Waals surface area contributed by atoms with Crippen molar-refractivity contribution in [3.63, 3.8) is 0 Å². The van der Waals surface area contributed by atoms with Gasteiger partial charge in [-0.25, -0.2) is 9.78 Å². The van der Waals surface area contributed by atoms with Crippen LogP contribution in [0.3, 0.4) is 0 Å². The number of ether oxygens (including phenoxy) is 1. The van der Waals surface area contributed by atoms with Crippen molar-refractivity contribution in [3.05, 3.63) is 41.9 Å². The fourth-order valence-corrected chi connectivity index (χ4v) is 2.48. The number of hydrogen-bond acceptors (Lipinski definition) is 8. The van der Waals surface area contributed by atoms with E-state index in [2.05, 4.69) is 14.2 Å². The summed E-state index contributed by atoms with van der Waals surface area (Å²) < 4.78 is 37.1. The van der Waals surface area contributed by atoms with Crippen LogP contribution in [-0.4, -0.2) is 24.4 Å². The lowest BCUT2D eigenvalue weighted by molar-refractivity contribution is 0.0729. The first-order valence-electron chi connectivity index (χ1n) is 5.72. The van der Waals surface area contributed by atoms with Crippen LogP contribution in [-0.2, 0) is 10.4 Å². The Kier molecular flexibility index (Phi) is 2.98. The summed E-state index contributed by atoms with van der Waals surface area (Å²) in [5.41, 5.74) is 0.530. The van der Waals surface area contributed by atoms with Gasteiger partial charge in [0, 0.05) is 12.4 Å². The van der Waals surface area contributed by atoms with Gasteiger partial charge in [-0.1, -0.05) is 0 Å². The van der Waals surface area contributed by atoms with Gasteiger partial charge in [0.25, 0.3) is 0 Å². The molecule has 3 heterocycles. The Morgan fingerprint density at radius 3 is 2.81 bits per heavy atom. The van der Waals surface area contributed by atoms with Gasteiger partial charge >= 0.3 is 16.4 Å². The standard InChI is InChI=1S/C12H8N2O6S/c1-7-10-9(6-14-11(7)20-21(16,17)19-10)18-12(15)8-3-2-4-13-5-8/h2-6H,1H3. The van der Waals surface area contributed by atoms with Crippen molar-refractivity contribution in [3.8, 4) is 17.4 Å². The van der Waals surface area contributed by atoms with Gasteiger partial charge in [0.15, 0.2) is 11.5 Å². The zero-order valence-corrected chi connectivity index (χ0v) is 11.5. The number of nitrogens with zero attached hydrogens (tertiary/aromatic N) is 2. The minimum Gasteiger partial charge on any atom is -0.417 e. The molecule has 0 aliphatic carbocycles. The maximum absolute atomic E-state index is 11.9. The van der Waals surface area contributed by atoms with E-state index in [1.807, 2.05) is 0 Å². The smallest absolute Gasteiger partial charge is 0.417 e. The molecule has 0 amide bonds. The van der Waals surface area contributed by atoms with Crippen molar-refractivity contribution in [1.82, 2.24) is 9.97 Å². The van der Waals surface area contributed by atoms with Gasteiger partial charge < -0.3 is 13.1 Å². The highest BCUT2D eigenvalue weighted by Crippen LogP contribution is 2.40. The molecular formula is C12H8N2O6S. The number of rotatable bonds is 2. The minimum absolute atomic E-state index is 0.113. The molecule has 1 aliphatic rings. The van der Waals surface area contributed by atoms with E-state index >= 15 is 0 Å². The molecule has 2 aromatic heterocycles. The first kappa shape index (κ1) is 13.3. The number of carbonyl (C=O) groups excluding carboxylic acids is 1. The summed E-state index contributed by atoms with van der Waals surface area (Å²) in [6.45, 7) is 1.54. The lowest BCUT2D eigenvalue weighted by Crippen LogP contribution is -2.23. The van der Waals surface area contributed by atoms with Gasteiger partial charge in [-0.05, 0) is 19.1 Å². The van der Waals surface area contributed by atoms with Crippen LogP contribution in [0.2, 0.25) is 0 Å². The summed E-state index contributed by atoms with van der Waals surface area (Å²) in [4.78, 5) is 19.5. The van der Waals surface area contributed by atoms with Crippen molar-refractivity contribution in [2.45, 2.75) is 6.92 Å². The fourth-order valence-electron chi connectivity index (χ4n) is 1.67. The Morgan fingerprint density at radius 2 is 2.10 bits per heavy atom. The van der Waals surface area contributed by atoms with E-state index in [0.717, 1.165) is 6.20 Å². The van der Waals surface area contributed by atoms with E-state index < -0.39 is 16.4 Å². The topological polar surface area (TPSA) is 105 Å². The van der Waals surface area contributed by atoms with E-state index in [1.165, 1.54) is 25.4 Å². The molecule has 0 saturated heterocycles. The van der Waals surface area contributed by atoms with Gasteiger partial charge in [-0.3, -0.25) is 4.98 Å². The van der Waals surface area contributed by atoms with Crippen LogP contribution in [0.5, 0.6) is 17.4 Å². The summed E-state index contributed by atoms with van der Waals surface area (Å²) in [6.07, 6.45) is 3.98. The second-order valence-electron chi connectivity index (χ2n) is 4.09. The van der Waals surface area contributed by atoms with Gasteiger partial charge in [-0.15, -0.1) is 8.42 Å². The second-order valence-corrected chi connectivity index (χ2v) is 5.24. The molecule has 0 aromatic carbocycles. The van der Waals surface area contributed by atoms with E-state index in [4.69, 9.17) is 8.92 Å². The van der Waals surface area contributed by atoms with Gasteiger partial charge in [0.05, 0.1) is 17.3 Å². The molecule has 0 saturated carbocycles. The Labute approximate surface area is 119 Å². The van der Waals surface area contributed by atoms with Gasteiger partial charge in [0.1, 0.15) is 0 Å². The fraction of sp³-hybridized carbons (Fsp3) is 0.0833. The summed E-state index contributed by atoms with van der Waals surface area (Å²) in [5.74, 6) is -1.06. The summed E-state index contributed by atoms with van der Waals surface area (Å²) in [5, 5.41) is 0. The lowest BCUT2D eigenvalue weighted by atomic mass is 10.2. The highest BCUT2D eigenvalue weighted by atomic mass is 32.3. The molecule has 9 heteroatoms. The van der Waals surface area contributed by atoms with Gasteiger partial charge in [0.2, 0.25) is 5.88 Å². The van der Waals surface area contributed by atoms with E-state index in [1.54, 1.807) is 6.07 Å². The average Bonchev–Trinajstić information content (AvgIpc) is 2.45.